The summed E-state index contributed by atoms with van der Waals surface area (Å²) in [5, 5.41) is 3.23. The van der Waals surface area contributed by atoms with Gasteiger partial charge in [-0.15, -0.1) is 12.4 Å². The van der Waals surface area contributed by atoms with E-state index in [9.17, 15) is 4.79 Å². The maximum absolute atomic E-state index is 12.2. The van der Waals surface area contributed by atoms with Crippen molar-refractivity contribution < 1.29 is 4.79 Å². The standard InChI is InChI=1S/C14H26N2O.ClH/c1-2-14(8-9-14)13(17)16-12(10-15)11-6-4-3-5-7-11;/h11-12H,2-10,15H2,1H3,(H,16,17);1H. The van der Waals surface area contributed by atoms with Crippen LogP contribution < -0.4 is 11.1 Å². The lowest BCUT2D eigenvalue weighted by Crippen LogP contribution is -2.48. The van der Waals surface area contributed by atoms with Gasteiger partial charge in [0, 0.05) is 18.0 Å². The molecular formula is C14H27ClN2O. The Hall–Kier alpha value is -0.280. The number of rotatable bonds is 5. The van der Waals surface area contributed by atoms with E-state index in [0.29, 0.717) is 12.5 Å². The minimum atomic E-state index is -0.0257. The van der Waals surface area contributed by atoms with Crippen molar-refractivity contribution in [1.29, 1.82) is 0 Å². The molecule has 0 aromatic rings. The zero-order valence-corrected chi connectivity index (χ0v) is 12.2. The Balaban J connectivity index is 0.00000162. The first-order chi connectivity index (χ1) is 8.22. The highest BCUT2D eigenvalue weighted by atomic mass is 35.5. The largest absolute Gasteiger partial charge is 0.351 e. The van der Waals surface area contributed by atoms with E-state index in [1.54, 1.807) is 0 Å². The fourth-order valence-electron chi connectivity index (χ4n) is 3.12. The summed E-state index contributed by atoms with van der Waals surface area (Å²) < 4.78 is 0. The minimum Gasteiger partial charge on any atom is -0.351 e. The van der Waals surface area contributed by atoms with Crippen LogP contribution in [0.15, 0.2) is 0 Å². The Labute approximate surface area is 117 Å². The summed E-state index contributed by atoms with van der Waals surface area (Å²) in [5.41, 5.74) is 5.82. The van der Waals surface area contributed by atoms with Crippen molar-refractivity contribution in [2.45, 2.75) is 64.3 Å². The summed E-state index contributed by atoms with van der Waals surface area (Å²) in [7, 11) is 0. The molecule has 0 aromatic carbocycles. The molecule has 3 N–H and O–H groups in total. The van der Waals surface area contributed by atoms with Crippen LogP contribution >= 0.6 is 12.4 Å². The van der Waals surface area contributed by atoms with Gasteiger partial charge in [0.15, 0.2) is 0 Å². The van der Waals surface area contributed by atoms with Crippen LogP contribution in [0, 0.1) is 11.3 Å². The molecule has 0 bridgehead atoms. The van der Waals surface area contributed by atoms with Crippen molar-refractivity contribution >= 4 is 18.3 Å². The Morgan fingerprint density at radius 3 is 2.39 bits per heavy atom. The highest BCUT2D eigenvalue weighted by Gasteiger charge is 2.48. The van der Waals surface area contributed by atoms with Crippen LogP contribution in [-0.2, 0) is 4.79 Å². The number of amides is 1. The second-order valence-corrected chi connectivity index (χ2v) is 5.85. The lowest BCUT2D eigenvalue weighted by Gasteiger charge is -2.31. The number of nitrogens with one attached hydrogen (secondary N) is 1. The first-order valence-electron chi connectivity index (χ1n) is 7.23. The van der Waals surface area contributed by atoms with Gasteiger partial charge in [-0.25, -0.2) is 0 Å². The molecule has 106 valence electrons. The summed E-state index contributed by atoms with van der Waals surface area (Å²) in [6, 6.07) is 0.215. The molecule has 0 radical (unpaired) electrons. The third-order valence-corrected chi connectivity index (χ3v) is 4.80. The van der Waals surface area contributed by atoms with Gasteiger partial charge in [-0.05, 0) is 38.0 Å². The number of hydrogen-bond acceptors (Lipinski definition) is 2. The monoisotopic (exact) mass is 274 g/mol. The summed E-state index contributed by atoms with van der Waals surface area (Å²) in [6.07, 6.45) is 9.53. The molecule has 2 aliphatic rings. The minimum absolute atomic E-state index is 0. The van der Waals surface area contributed by atoms with E-state index in [-0.39, 0.29) is 29.8 Å². The van der Waals surface area contributed by atoms with Gasteiger partial charge >= 0.3 is 0 Å². The van der Waals surface area contributed by atoms with Gasteiger partial charge in [-0.2, -0.15) is 0 Å². The van der Waals surface area contributed by atoms with E-state index in [1.807, 2.05) is 0 Å². The van der Waals surface area contributed by atoms with Gasteiger partial charge in [0.25, 0.3) is 0 Å². The van der Waals surface area contributed by atoms with Crippen LogP contribution in [0.3, 0.4) is 0 Å². The van der Waals surface area contributed by atoms with Gasteiger partial charge in [0.05, 0.1) is 0 Å². The van der Waals surface area contributed by atoms with Crippen molar-refractivity contribution in [2.75, 3.05) is 6.54 Å². The molecule has 1 atom stereocenters. The molecule has 2 fully saturated rings. The Bertz CT molecular complexity index is 273. The molecule has 0 heterocycles. The van der Waals surface area contributed by atoms with E-state index in [2.05, 4.69) is 12.2 Å². The zero-order valence-electron chi connectivity index (χ0n) is 11.4. The van der Waals surface area contributed by atoms with E-state index < -0.39 is 0 Å². The molecule has 4 heteroatoms. The SMILES string of the molecule is CCC1(C(=O)NC(CN)C2CCCCC2)CC1.Cl. The van der Waals surface area contributed by atoms with Crippen molar-refractivity contribution in [3.63, 3.8) is 0 Å². The number of carbonyl (C=O) groups is 1. The lowest BCUT2D eigenvalue weighted by atomic mass is 9.83. The number of halogens is 1. The summed E-state index contributed by atoms with van der Waals surface area (Å²) in [6.45, 7) is 2.71. The van der Waals surface area contributed by atoms with Gasteiger partial charge < -0.3 is 11.1 Å². The number of nitrogens with two attached hydrogens (primary N) is 1. The number of carbonyl (C=O) groups excluding carboxylic acids is 1. The normalized spacial score (nSPS) is 23.9. The van der Waals surface area contributed by atoms with Crippen molar-refractivity contribution in [3.8, 4) is 0 Å². The molecule has 2 aliphatic carbocycles. The highest BCUT2D eigenvalue weighted by Crippen LogP contribution is 2.48. The highest BCUT2D eigenvalue weighted by molar-refractivity contribution is 5.85. The van der Waals surface area contributed by atoms with Crippen LogP contribution in [0.2, 0.25) is 0 Å². The molecule has 0 aromatic heterocycles. The Kier molecular flexibility index (Phi) is 5.93. The van der Waals surface area contributed by atoms with Crippen LogP contribution in [0.1, 0.15) is 58.3 Å². The van der Waals surface area contributed by atoms with Gasteiger partial charge in [0.1, 0.15) is 0 Å². The van der Waals surface area contributed by atoms with Crippen molar-refractivity contribution in [2.24, 2.45) is 17.1 Å². The molecule has 1 unspecified atom stereocenters. The topological polar surface area (TPSA) is 55.1 Å². The summed E-state index contributed by atoms with van der Waals surface area (Å²) in [5.74, 6) is 0.881. The van der Waals surface area contributed by atoms with Crippen LogP contribution in [-0.4, -0.2) is 18.5 Å². The molecule has 3 nitrogen and oxygen atoms in total. The average molecular weight is 275 g/mol. The van der Waals surface area contributed by atoms with E-state index in [4.69, 9.17) is 5.73 Å². The van der Waals surface area contributed by atoms with Gasteiger partial charge in [0.2, 0.25) is 5.91 Å². The van der Waals surface area contributed by atoms with Crippen LogP contribution in [0.25, 0.3) is 0 Å². The van der Waals surface area contributed by atoms with E-state index in [1.165, 1.54) is 32.1 Å². The number of hydrogen-bond donors (Lipinski definition) is 2. The van der Waals surface area contributed by atoms with Crippen molar-refractivity contribution in [1.82, 2.24) is 5.32 Å². The first kappa shape index (κ1) is 15.8. The van der Waals surface area contributed by atoms with Crippen LogP contribution in [0.5, 0.6) is 0 Å². The summed E-state index contributed by atoms with van der Waals surface area (Å²) >= 11 is 0. The van der Waals surface area contributed by atoms with E-state index in [0.717, 1.165) is 19.3 Å². The molecule has 18 heavy (non-hydrogen) atoms. The predicted octanol–water partition coefficient (Wildman–Crippen LogP) is 2.62. The molecule has 2 saturated carbocycles. The molecule has 0 saturated heterocycles. The third-order valence-electron chi connectivity index (χ3n) is 4.80. The molecule has 0 spiro atoms. The van der Waals surface area contributed by atoms with Gasteiger partial charge in [-0.3, -0.25) is 4.79 Å². The van der Waals surface area contributed by atoms with Crippen molar-refractivity contribution in [3.05, 3.63) is 0 Å². The maximum Gasteiger partial charge on any atom is 0.226 e. The van der Waals surface area contributed by atoms with Gasteiger partial charge in [-0.1, -0.05) is 26.2 Å². The fraction of sp³-hybridized carbons (Fsp3) is 0.929. The average Bonchev–Trinajstić information content (AvgIpc) is 3.17. The Morgan fingerprint density at radius 2 is 1.94 bits per heavy atom. The second kappa shape index (κ2) is 6.76. The second-order valence-electron chi connectivity index (χ2n) is 5.85. The fourth-order valence-corrected chi connectivity index (χ4v) is 3.12. The van der Waals surface area contributed by atoms with E-state index >= 15 is 0 Å². The first-order valence-corrected chi connectivity index (χ1v) is 7.23. The third kappa shape index (κ3) is 3.39. The summed E-state index contributed by atoms with van der Waals surface area (Å²) in [4.78, 5) is 12.2. The molecule has 0 aliphatic heterocycles. The molecule has 1 amide bonds. The Morgan fingerprint density at radius 1 is 1.33 bits per heavy atom. The predicted molar refractivity (Wildman–Crippen MR) is 76.8 cm³/mol. The smallest absolute Gasteiger partial charge is 0.226 e. The van der Waals surface area contributed by atoms with Crippen LogP contribution in [0.4, 0.5) is 0 Å². The zero-order chi connectivity index (χ0) is 12.3. The molecular weight excluding hydrogens is 248 g/mol. The lowest BCUT2D eigenvalue weighted by molar-refractivity contribution is -0.127. The quantitative estimate of drug-likeness (QED) is 0.810. The molecule has 2 rings (SSSR count). The maximum atomic E-state index is 12.2.